The topological polar surface area (TPSA) is 55.8 Å². The Balaban J connectivity index is 1.54. The number of carbonyl (C=O) groups is 2. The van der Waals surface area contributed by atoms with E-state index in [1.807, 2.05) is 56.3 Å². The summed E-state index contributed by atoms with van der Waals surface area (Å²) in [5, 5.41) is 0.186. The van der Waals surface area contributed by atoms with Gasteiger partial charge in [0.1, 0.15) is 6.61 Å². The van der Waals surface area contributed by atoms with Crippen LogP contribution in [0, 0.1) is 6.92 Å². The zero-order valence-corrected chi connectivity index (χ0v) is 19.8. The molecule has 0 aliphatic carbocycles. The number of nitrogens with zero attached hydrogens (tertiary/aromatic N) is 1. The summed E-state index contributed by atoms with van der Waals surface area (Å²) in [6.07, 6.45) is 1.69. The molecule has 2 amide bonds. The van der Waals surface area contributed by atoms with E-state index in [0.29, 0.717) is 40.3 Å². The van der Waals surface area contributed by atoms with Crippen molar-refractivity contribution in [3.63, 3.8) is 0 Å². The van der Waals surface area contributed by atoms with Crippen LogP contribution in [0.25, 0.3) is 6.08 Å². The fraction of sp³-hybridized carbons (Fsp3) is 0.154. The third-order valence-electron chi connectivity index (χ3n) is 4.96. The minimum absolute atomic E-state index is 0.339. The Morgan fingerprint density at radius 3 is 2.36 bits per heavy atom. The monoisotopic (exact) mass is 479 g/mol. The number of imide groups is 1. The molecule has 1 heterocycles. The third-order valence-corrected chi connectivity index (χ3v) is 6.08. The van der Waals surface area contributed by atoms with Crippen molar-refractivity contribution in [1.29, 1.82) is 0 Å². The van der Waals surface area contributed by atoms with E-state index in [9.17, 15) is 9.59 Å². The molecular weight excluding hydrogens is 458 g/mol. The molecule has 3 aromatic carbocycles. The molecule has 0 unspecified atom stereocenters. The van der Waals surface area contributed by atoms with Gasteiger partial charge in [-0.1, -0.05) is 47.5 Å². The summed E-state index contributed by atoms with van der Waals surface area (Å²) >= 11 is 6.82. The van der Waals surface area contributed by atoms with Crippen molar-refractivity contribution in [2.24, 2.45) is 0 Å². The van der Waals surface area contributed by atoms with Crippen LogP contribution in [0.15, 0.2) is 71.6 Å². The summed E-state index contributed by atoms with van der Waals surface area (Å²) in [5.74, 6) is 0.823. The molecular formula is C26H22ClNO4S. The molecule has 1 aliphatic heterocycles. The Bertz CT molecular complexity index is 1210. The second-order valence-corrected chi connectivity index (χ2v) is 8.84. The Hall–Kier alpha value is -3.22. The van der Waals surface area contributed by atoms with Crippen molar-refractivity contribution in [1.82, 2.24) is 0 Å². The molecule has 0 N–H and O–H groups in total. The first-order chi connectivity index (χ1) is 15.9. The van der Waals surface area contributed by atoms with Gasteiger partial charge in [0.05, 0.1) is 17.2 Å². The predicted octanol–water partition coefficient (Wildman–Crippen LogP) is 6.87. The first-order valence-corrected chi connectivity index (χ1v) is 11.6. The Morgan fingerprint density at radius 1 is 0.939 bits per heavy atom. The van der Waals surface area contributed by atoms with Crippen LogP contribution in [-0.4, -0.2) is 17.8 Å². The second-order valence-electron chi connectivity index (χ2n) is 7.41. The van der Waals surface area contributed by atoms with Gasteiger partial charge in [0.25, 0.3) is 11.1 Å². The maximum Gasteiger partial charge on any atom is 0.298 e. The molecule has 168 valence electrons. The lowest BCUT2D eigenvalue weighted by Gasteiger charge is -2.13. The van der Waals surface area contributed by atoms with Crippen LogP contribution in [0.3, 0.4) is 0 Å². The van der Waals surface area contributed by atoms with Gasteiger partial charge < -0.3 is 9.47 Å². The van der Waals surface area contributed by atoms with E-state index in [1.54, 1.807) is 30.3 Å². The maximum atomic E-state index is 12.9. The minimum atomic E-state index is -0.370. The maximum absolute atomic E-state index is 12.9. The van der Waals surface area contributed by atoms with Crippen LogP contribution in [-0.2, 0) is 11.4 Å². The summed E-state index contributed by atoms with van der Waals surface area (Å²) in [7, 11) is 0. The van der Waals surface area contributed by atoms with Crippen molar-refractivity contribution < 1.29 is 19.1 Å². The van der Waals surface area contributed by atoms with Gasteiger partial charge in [0.15, 0.2) is 11.5 Å². The first kappa shape index (κ1) is 23.0. The lowest BCUT2D eigenvalue weighted by atomic mass is 10.1. The quantitative estimate of drug-likeness (QED) is 0.346. The molecule has 1 aliphatic rings. The van der Waals surface area contributed by atoms with Gasteiger partial charge in [-0.3, -0.25) is 9.59 Å². The van der Waals surface area contributed by atoms with Gasteiger partial charge >= 0.3 is 0 Å². The first-order valence-electron chi connectivity index (χ1n) is 10.4. The van der Waals surface area contributed by atoms with Crippen molar-refractivity contribution in [2.45, 2.75) is 20.5 Å². The molecule has 0 atom stereocenters. The zero-order chi connectivity index (χ0) is 23.4. The van der Waals surface area contributed by atoms with E-state index < -0.39 is 0 Å². The zero-order valence-electron chi connectivity index (χ0n) is 18.2. The van der Waals surface area contributed by atoms with Crippen LogP contribution in [0.1, 0.15) is 23.6 Å². The summed E-state index contributed by atoms with van der Waals surface area (Å²) in [6, 6.07) is 20.2. The molecule has 0 bridgehead atoms. The number of benzene rings is 3. The van der Waals surface area contributed by atoms with Crippen molar-refractivity contribution in [2.75, 3.05) is 11.5 Å². The van der Waals surface area contributed by atoms with Gasteiger partial charge in [0, 0.05) is 5.02 Å². The Labute approximate surface area is 202 Å². The lowest BCUT2D eigenvalue weighted by molar-refractivity contribution is -0.113. The lowest BCUT2D eigenvalue weighted by Crippen LogP contribution is -2.27. The van der Waals surface area contributed by atoms with E-state index in [-0.39, 0.29) is 11.1 Å². The summed E-state index contributed by atoms with van der Waals surface area (Å²) in [6.45, 7) is 4.83. The van der Waals surface area contributed by atoms with E-state index in [2.05, 4.69) is 0 Å². The van der Waals surface area contributed by atoms with Crippen LogP contribution in [0.5, 0.6) is 11.5 Å². The van der Waals surface area contributed by atoms with Crippen molar-refractivity contribution in [3.05, 3.63) is 93.3 Å². The summed E-state index contributed by atoms with van der Waals surface area (Å²) in [5.41, 5.74) is 3.48. The van der Waals surface area contributed by atoms with Gasteiger partial charge in [-0.25, -0.2) is 4.90 Å². The number of carbonyl (C=O) groups excluding carboxylic acids is 2. The fourth-order valence-corrected chi connectivity index (χ4v) is 4.25. The molecule has 1 fully saturated rings. The van der Waals surface area contributed by atoms with E-state index >= 15 is 0 Å². The fourth-order valence-electron chi connectivity index (χ4n) is 3.28. The van der Waals surface area contributed by atoms with Crippen LogP contribution in [0.2, 0.25) is 5.02 Å². The SMILES string of the molecule is CCOc1cc(/C=C2\SC(=O)N(c3ccc(Cl)cc3)C2=O)ccc1OCc1ccc(C)cc1. The normalized spacial score (nSPS) is 14.8. The van der Waals surface area contributed by atoms with Crippen molar-refractivity contribution >= 4 is 46.3 Å². The molecule has 0 spiro atoms. The number of rotatable bonds is 7. The average Bonchev–Trinajstić information content (AvgIpc) is 3.08. The van der Waals surface area contributed by atoms with Gasteiger partial charge in [-0.05, 0) is 79.2 Å². The van der Waals surface area contributed by atoms with E-state index in [4.69, 9.17) is 21.1 Å². The third kappa shape index (κ3) is 5.41. The molecule has 1 saturated heterocycles. The number of anilines is 1. The standard InChI is InChI=1S/C26H22ClNO4S/c1-3-31-23-14-19(8-13-22(23)32-16-18-6-4-17(2)5-7-18)15-24-25(29)28(26(30)33-24)21-11-9-20(27)10-12-21/h4-15H,3,16H2,1-2H3/b24-15-. The Morgan fingerprint density at radius 2 is 1.67 bits per heavy atom. The Kier molecular flexibility index (Phi) is 7.06. The molecule has 0 saturated carbocycles. The van der Waals surface area contributed by atoms with E-state index in [0.717, 1.165) is 27.8 Å². The largest absolute Gasteiger partial charge is 0.490 e. The highest BCUT2D eigenvalue weighted by Crippen LogP contribution is 2.37. The predicted molar refractivity (Wildman–Crippen MR) is 133 cm³/mol. The van der Waals surface area contributed by atoms with Gasteiger partial charge in [-0.2, -0.15) is 0 Å². The molecule has 5 nitrogen and oxygen atoms in total. The number of aryl methyl sites for hydroxylation is 1. The molecule has 0 aromatic heterocycles. The molecule has 33 heavy (non-hydrogen) atoms. The molecule has 3 aromatic rings. The van der Waals surface area contributed by atoms with Gasteiger partial charge in [0.2, 0.25) is 0 Å². The molecule has 0 radical (unpaired) electrons. The highest BCUT2D eigenvalue weighted by atomic mass is 35.5. The highest BCUT2D eigenvalue weighted by Gasteiger charge is 2.36. The van der Waals surface area contributed by atoms with Crippen LogP contribution >= 0.6 is 23.4 Å². The minimum Gasteiger partial charge on any atom is -0.490 e. The second kappa shape index (κ2) is 10.1. The highest BCUT2D eigenvalue weighted by molar-refractivity contribution is 8.19. The van der Waals surface area contributed by atoms with E-state index in [1.165, 1.54) is 5.56 Å². The van der Waals surface area contributed by atoms with Gasteiger partial charge in [-0.15, -0.1) is 0 Å². The number of amides is 2. The van der Waals surface area contributed by atoms with Crippen LogP contribution in [0.4, 0.5) is 10.5 Å². The molecule has 4 rings (SSSR count). The smallest absolute Gasteiger partial charge is 0.298 e. The van der Waals surface area contributed by atoms with Crippen molar-refractivity contribution in [3.8, 4) is 11.5 Å². The molecule has 7 heteroatoms. The number of hydrogen-bond acceptors (Lipinski definition) is 5. The number of hydrogen-bond donors (Lipinski definition) is 0. The number of ether oxygens (including phenoxy) is 2. The summed E-state index contributed by atoms with van der Waals surface area (Å²) < 4.78 is 11.7. The number of halogens is 1. The van der Waals surface area contributed by atoms with Crippen LogP contribution < -0.4 is 14.4 Å². The number of thioether (sulfide) groups is 1. The summed E-state index contributed by atoms with van der Waals surface area (Å²) in [4.78, 5) is 26.9. The average molecular weight is 480 g/mol.